The fourth-order valence-electron chi connectivity index (χ4n) is 0.144. The molecule has 10 heavy (non-hydrogen) atoms. The van der Waals surface area contributed by atoms with E-state index in [1.165, 1.54) is 0 Å². The minimum atomic E-state index is -6.15. The summed E-state index contributed by atoms with van der Waals surface area (Å²) in [6.45, 7) is 0. The van der Waals surface area contributed by atoms with E-state index in [0.717, 1.165) is 0 Å². The summed E-state index contributed by atoms with van der Waals surface area (Å²) in [5.41, 5.74) is 0. The maximum absolute atomic E-state index is 11.3. The molecule has 0 aliphatic carbocycles. The van der Waals surface area contributed by atoms with Gasteiger partial charge in [0.25, 0.3) is 0 Å². The normalized spacial score (nSPS) is 14.4. The van der Waals surface area contributed by atoms with Crippen molar-refractivity contribution in [2.75, 3.05) is 0 Å². The first-order chi connectivity index (χ1) is 4.15. The molecule has 0 aromatic rings. The van der Waals surface area contributed by atoms with Gasteiger partial charge in [-0.15, -0.1) is 0 Å². The first kappa shape index (κ1) is 10.1. The third-order valence-corrected chi connectivity index (χ3v) is 2.31. The second-order valence-electron chi connectivity index (χ2n) is 1.22. The molecular formula is C2AsF7. The van der Waals surface area contributed by atoms with Crippen molar-refractivity contribution < 1.29 is 29.8 Å². The van der Waals surface area contributed by atoms with Gasteiger partial charge in [-0.25, -0.2) is 0 Å². The Morgan fingerprint density at radius 1 is 0.700 bits per heavy atom. The molecule has 0 unspecified atom stereocenters. The molecule has 8 heteroatoms. The van der Waals surface area contributed by atoms with Crippen LogP contribution in [-0.2, 0) is 0 Å². The molecule has 0 aliphatic heterocycles. The van der Waals surface area contributed by atoms with Crippen molar-refractivity contribution in [3.05, 3.63) is 0 Å². The van der Waals surface area contributed by atoms with Gasteiger partial charge in [0.15, 0.2) is 0 Å². The molecule has 0 heterocycles. The van der Waals surface area contributed by atoms with Gasteiger partial charge >= 0.3 is 54.9 Å². The van der Waals surface area contributed by atoms with Crippen molar-refractivity contribution in [2.24, 2.45) is 0 Å². The Morgan fingerprint density at radius 3 is 0.900 bits per heavy atom. The quantitative estimate of drug-likeness (QED) is 0.443. The molecule has 0 radical (unpaired) electrons. The van der Waals surface area contributed by atoms with E-state index in [9.17, 15) is 29.8 Å². The molecule has 0 saturated heterocycles. The van der Waals surface area contributed by atoms with E-state index in [2.05, 4.69) is 0 Å². The average Bonchev–Trinajstić information content (AvgIpc) is 1.59. The summed E-state index contributed by atoms with van der Waals surface area (Å²) in [6, 6.07) is 0. The van der Waals surface area contributed by atoms with Crippen LogP contribution in [0.2, 0.25) is 0 Å². The monoisotopic (exact) mass is 232 g/mol. The number of alkyl halides is 6. The number of hydrogen-bond donors (Lipinski definition) is 0. The van der Waals surface area contributed by atoms with Crippen LogP contribution in [-0.4, -0.2) is 25.1 Å². The predicted octanol–water partition coefficient (Wildman–Crippen LogP) is 2.15. The standard InChI is InChI=1S/C2AsF7/c4-1(5,6)3(10)2(7,8)9. The zero-order chi connectivity index (χ0) is 8.58. The molecule has 0 nitrogen and oxygen atoms in total. The van der Waals surface area contributed by atoms with Crippen LogP contribution in [0.1, 0.15) is 0 Å². The van der Waals surface area contributed by atoms with Crippen LogP contribution in [0.3, 0.4) is 0 Å². The van der Waals surface area contributed by atoms with Gasteiger partial charge in [0.2, 0.25) is 0 Å². The topological polar surface area (TPSA) is 0 Å². The van der Waals surface area contributed by atoms with Crippen molar-refractivity contribution in [3.8, 4) is 0 Å². The summed E-state index contributed by atoms with van der Waals surface area (Å²) < 4.78 is 76.8. The Kier molecular flexibility index (Phi) is 2.62. The molecule has 0 bridgehead atoms. The molecule has 0 saturated carbocycles. The van der Waals surface area contributed by atoms with Crippen molar-refractivity contribution in [1.29, 1.82) is 0 Å². The van der Waals surface area contributed by atoms with Gasteiger partial charge in [0.1, 0.15) is 0 Å². The Morgan fingerprint density at radius 2 is 0.900 bits per heavy atom. The van der Waals surface area contributed by atoms with Gasteiger partial charge in [0, 0.05) is 0 Å². The molecule has 62 valence electrons. The van der Waals surface area contributed by atoms with Crippen LogP contribution in [0.4, 0.5) is 29.8 Å². The van der Waals surface area contributed by atoms with Gasteiger partial charge in [-0.1, -0.05) is 0 Å². The SMILES string of the molecule is F[As](C(F)(F)F)C(F)(F)F. The van der Waals surface area contributed by atoms with Crippen molar-refractivity contribution >= 4 is 15.1 Å². The van der Waals surface area contributed by atoms with E-state index in [0.29, 0.717) is 0 Å². The summed E-state index contributed by atoms with van der Waals surface area (Å²) in [4.78, 5) is -11.4. The van der Waals surface area contributed by atoms with Gasteiger partial charge in [-0.3, -0.25) is 0 Å². The Labute approximate surface area is 55.8 Å². The molecule has 0 atom stereocenters. The van der Waals surface area contributed by atoms with Crippen molar-refractivity contribution in [3.63, 3.8) is 0 Å². The van der Waals surface area contributed by atoms with Crippen LogP contribution in [0.5, 0.6) is 0 Å². The zero-order valence-corrected chi connectivity index (χ0v) is 5.97. The molecule has 0 N–H and O–H groups in total. The Balaban J connectivity index is 4.23. The van der Waals surface area contributed by atoms with E-state index in [-0.39, 0.29) is 0 Å². The Hall–Kier alpha value is 0.0684. The van der Waals surface area contributed by atoms with E-state index in [1.807, 2.05) is 0 Å². The van der Waals surface area contributed by atoms with Crippen molar-refractivity contribution in [2.45, 2.75) is 9.93 Å². The van der Waals surface area contributed by atoms with Gasteiger partial charge in [-0.2, -0.15) is 0 Å². The van der Waals surface area contributed by atoms with Crippen LogP contribution < -0.4 is 0 Å². The zero-order valence-electron chi connectivity index (χ0n) is 4.09. The second kappa shape index (κ2) is 2.60. The molecule has 0 fully saturated rings. The van der Waals surface area contributed by atoms with Crippen LogP contribution in [0, 0.1) is 0 Å². The molecular weight excluding hydrogens is 232 g/mol. The maximum atomic E-state index is 11.3. The second-order valence-corrected chi connectivity index (χ2v) is 4.52. The van der Waals surface area contributed by atoms with E-state index in [4.69, 9.17) is 0 Å². The Bertz CT molecular complexity index is 95.8. The first-order valence-electron chi connectivity index (χ1n) is 1.75. The molecule has 0 aliphatic rings. The van der Waals surface area contributed by atoms with Crippen LogP contribution in [0.25, 0.3) is 0 Å². The summed E-state index contributed by atoms with van der Waals surface area (Å²) in [5, 5.41) is 0. The molecule has 0 rings (SSSR count). The summed E-state index contributed by atoms with van der Waals surface area (Å²) in [7, 11) is 0. The minimum absolute atomic E-state index is 5.70. The third kappa shape index (κ3) is 2.77. The first-order valence-corrected chi connectivity index (χ1v) is 4.34. The van der Waals surface area contributed by atoms with Crippen LogP contribution in [0.15, 0.2) is 0 Å². The van der Waals surface area contributed by atoms with E-state index in [1.54, 1.807) is 0 Å². The third-order valence-electron chi connectivity index (χ3n) is 0.445. The molecule has 0 amide bonds. The van der Waals surface area contributed by atoms with Crippen LogP contribution >= 0.6 is 0 Å². The summed E-state index contributed by atoms with van der Waals surface area (Å²) in [6.07, 6.45) is 0. The average molecular weight is 232 g/mol. The van der Waals surface area contributed by atoms with Crippen molar-refractivity contribution in [1.82, 2.24) is 0 Å². The summed E-state index contributed by atoms with van der Waals surface area (Å²) in [5.74, 6) is 0. The van der Waals surface area contributed by atoms with Gasteiger partial charge < -0.3 is 0 Å². The molecule has 0 aromatic heterocycles. The van der Waals surface area contributed by atoms with E-state index >= 15 is 0 Å². The molecule has 0 aromatic carbocycles. The summed E-state index contributed by atoms with van der Waals surface area (Å²) >= 11 is -6.15. The number of hydrogen-bond acceptors (Lipinski definition) is 0. The number of halogens is 7. The predicted molar refractivity (Wildman–Crippen MR) is 19.0 cm³/mol. The van der Waals surface area contributed by atoms with Gasteiger partial charge in [-0.05, 0) is 0 Å². The fourth-order valence-corrected chi connectivity index (χ4v) is 0.747. The fraction of sp³-hybridized carbons (Fsp3) is 1.00. The number of rotatable bonds is 0. The van der Waals surface area contributed by atoms with E-state index < -0.39 is 25.1 Å². The molecule has 0 spiro atoms. The van der Waals surface area contributed by atoms with Gasteiger partial charge in [0.05, 0.1) is 0 Å².